The Morgan fingerprint density at radius 3 is 3.00 bits per heavy atom. The van der Waals surface area contributed by atoms with Crippen LogP contribution in [0.4, 0.5) is 0 Å². The SMILES string of the molecule is Clc1ccccc1CSCCCC1CCCN1. The number of rotatable bonds is 6. The largest absolute Gasteiger partial charge is 0.314 e. The second-order valence-corrected chi connectivity index (χ2v) is 6.09. The molecular weight excluding hydrogens is 250 g/mol. The highest BCUT2D eigenvalue weighted by atomic mass is 35.5. The molecule has 0 amide bonds. The van der Waals surface area contributed by atoms with Crippen LogP contribution >= 0.6 is 23.4 Å². The summed E-state index contributed by atoms with van der Waals surface area (Å²) < 4.78 is 0. The van der Waals surface area contributed by atoms with Crippen LogP contribution in [0.25, 0.3) is 0 Å². The van der Waals surface area contributed by atoms with Crippen LogP contribution in [0.5, 0.6) is 0 Å². The van der Waals surface area contributed by atoms with E-state index in [9.17, 15) is 0 Å². The quantitative estimate of drug-likeness (QED) is 0.780. The van der Waals surface area contributed by atoms with Gasteiger partial charge in [-0.25, -0.2) is 0 Å². The number of hydrogen-bond donors (Lipinski definition) is 1. The van der Waals surface area contributed by atoms with Crippen molar-refractivity contribution in [3.8, 4) is 0 Å². The lowest BCUT2D eigenvalue weighted by molar-refractivity contribution is 0.553. The number of halogens is 1. The van der Waals surface area contributed by atoms with Gasteiger partial charge in [0, 0.05) is 16.8 Å². The Balaban J connectivity index is 1.58. The van der Waals surface area contributed by atoms with Crippen molar-refractivity contribution in [2.75, 3.05) is 12.3 Å². The summed E-state index contributed by atoms with van der Waals surface area (Å²) in [5.74, 6) is 2.28. The van der Waals surface area contributed by atoms with Crippen LogP contribution in [-0.2, 0) is 5.75 Å². The van der Waals surface area contributed by atoms with Crippen molar-refractivity contribution in [2.24, 2.45) is 0 Å². The van der Waals surface area contributed by atoms with Gasteiger partial charge in [-0.15, -0.1) is 0 Å². The number of benzene rings is 1. The summed E-state index contributed by atoms with van der Waals surface area (Å²) in [6.45, 7) is 1.22. The Labute approximate surface area is 113 Å². The zero-order valence-electron chi connectivity index (χ0n) is 10.1. The van der Waals surface area contributed by atoms with E-state index in [0.29, 0.717) is 0 Å². The fourth-order valence-electron chi connectivity index (χ4n) is 2.23. The van der Waals surface area contributed by atoms with Crippen LogP contribution in [0.15, 0.2) is 24.3 Å². The summed E-state index contributed by atoms with van der Waals surface area (Å²) in [7, 11) is 0. The van der Waals surface area contributed by atoms with Crippen LogP contribution in [0.3, 0.4) is 0 Å². The lowest BCUT2D eigenvalue weighted by atomic mass is 10.1. The number of thioether (sulfide) groups is 1. The average molecular weight is 270 g/mol. The maximum Gasteiger partial charge on any atom is 0.0446 e. The first kappa shape index (κ1) is 13.3. The minimum atomic E-state index is 0.788. The molecule has 1 aliphatic rings. The molecule has 1 fully saturated rings. The molecule has 0 bridgehead atoms. The lowest BCUT2D eigenvalue weighted by Crippen LogP contribution is -2.20. The molecule has 94 valence electrons. The molecule has 1 aromatic carbocycles. The molecule has 1 nitrogen and oxygen atoms in total. The Morgan fingerprint density at radius 2 is 2.24 bits per heavy atom. The van der Waals surface area contributed by atoms with Gasteiger partial charge in [-0.05, 0) is 49.6 Å². The monoisotopic (exact) mass is 269 g/mol. The fourth-order valence-corrected chi connectivity index (χ4v) is 3.50. The second kappa shape index (κ2) is 7.30. The van der Waals surface area contributed by atoms with Crippen LogP contribution in [-0.4, -0.2) is 18.3 Å². The molecule has 17 heavy (non-hydrogen) atoms. The Morgan fingerprint density at radius 1 is 1.35 bits per heavy atom. The van der Waals surface area contributed by atoms with Crippen molar-refractivity contribution in [1.29, 1.82) is 0 Å². The molecule has 1 unspecified atom stereocenters. The lowest BCUT2D eigenvalue weighted by Gasteiger charge is -2.09. The van der Waals surface area contributed by atoms with Crippen LogP contribution < -0.4 is 5.32 Å². The van der Waals surface area contributed by atoms with E-state index in [-0.39, 0.29) is 0 Å². The Hall–Kier alpha value is -0.180. The molecule has 0 saturated carbocycles. The molecule has 1 aliphatic heterocycles. The van der Waals surface area contributed by atoms with Gasteiger partial charge in [-0.1, -0.05) is 29.8 Å². The van der Waals surface area contributed by atoms with Gasteiger partial charge in [0.1, 0.15) is 0 Å². The summed E-state index contributed by atoms with van der Waals surface area (Å²) in [6, 6.07) is 8.93. The fraction of sp³-hybridized carbons (Fsp3) is 0.571. The second-order valence-electron chi connectivity index (χ2n) is 4.58. The minimum absolute atomic E-state index is 0.788. The van der Waals surface area contributed by atoms with E-state index >= 15 is 0 Å². The first-order valence-electron chi connectivity index (χ1n) is 6.41. The molecule has 0 aromatic heterocycles. The molecule has 1 aromatic rings. The molecule has 0 radical (unpaired) electrons. The molecule has 1 N–H and O–H groups in total. The summed E-state index contributed by atoms with van der Waals surface area (Å²) in [5.41, 5.74) is 1.26. The normalized spacial score (nSPS) is 19.7. The van der Waals surface area contributed by atoms with Gasteiger partial charge in [0.15, 0.2) is 0 Å². The van der Waals surface area contributed by atoms with E-state index < -0.39 is 0 Å². The Kier molecular flexibility index (Phi) is 5.69. The van der Waals surface area contributed by atoms with Crippen molar-refractivity contribution in [3.63, 3.8) is 0 Å². The average Bonchev–Trinajstić information content (AvgIpc) is 2.84. The Bertz CT molecular complexity index is 337. The van der Waals surface area contributed by atoms with Crippen molar-refractivity contribution in [3.05, 3.63) is 34.9 Å². The third-order valence-electron chi connectivity index (χ3n) is 3.22. The number of nitrogens with one attached hydrogen (secondary N) is 1. The molecule has 0 aliphatic carbocycles. The highest BCUT2D eigenvalue weighted by molar-refractivity contribution is 7.98. The molecule has 1 heterocycles. The third kappa shape index (κ3) is 4.53. The van der Waals surface area contributed by atoms with E-state index in [1.807, 2.05) is 23.9 Å². The molecule has 3 heteroatoms. The summed E-state index contributed by atoms with van der Waals surface area (Å²) in [5, 5.41) is 4.44. The van der Waals surface area contributed by atoms with E-state index in [0.717, 1.165) is 16.8 Å². The highest BCUT2D eigenvalue weighted by Gasteiger charge is 2.12. The third-order valence-corrected chi connectivity index (χ3v) is 4.68. The number of hydrogen-bond acceptors (Lipinski definition) is 2. The van der Waals surface area contributed by atoms with Crippen LogP contribution in [0.1, 0.15) is 31.2 Å². The summed E-state index contributed by atoms with van der Waals surface area (Å²) in [6.07, 6.45) is 5.37. The zero-order valence-corrected chi connectivity index (χ0v) is 11.7. The van der Waals surface area contributed by atoms with Gasteiger partial charge in [-0.2, -0.15) is 11.8 Å². The topological polar surface area (TPSA) is 12.0 Å². The van der Waals surface area contributed by atoms with E-state index in [1.54, 1.807) is 0 Å². The van der Waals surface area contributed by atoms with E-state index in [1.165, 1.54) is 43.5 Å². The molecule has 1 saturated heterocycles. The smallest absolute Gasteiger partial charge is 0.0446 e. The standard InChI is InChI=1S/C14H20ClNS/c15-14-8-2-1-5-12(14)11-17-10-4-7-13-6-3-9-16-13/h1-2,5,8,13,16H,3-4,6-7,9-11H2. The highest BCUT2D eigenvalue weighted by Crippen LogP contribution is 2.22. The summed E-state index contributed by atoms with van der Waals surface area (Å²) >= 11 is 8.11. The molecular formula is C14H20ClNS. The van der Waals surface area contributed by atoms with Gasteiger partial charge in [0.05, 0.1) is 0 Å². The first-order chi connectivity index (χ1) is 8.36. The van der Waals surface area contributed by atoms with Gasteiger partial charge < -0.3 is 5.32 Å². The minimum Gasteiger partial charge on any atom is -0.314 e. The van der Waals surface area contributed by atoms with E-state index in [4.69, 9.17) is 11.6 Å². The van der Waals surface area contributed by atoms with Crippen LogP contribution in [0.2, 0.25) is 5.02 Å². The maximum absolute atomic E-state index is 6.12. The molecule has 1 atom stereocenters. The van der Waals surface area contributed by atoms with Crippen molar-refractivity contribution in [2.45, 2.75) is 37.5 Å². The van der Waals surface area contributed by atoms with Gasteiger partial charge in [0.2, 0.25) is 0 Å². The van der Waals surface area contributed by atoms with Gasteiger partial charge >= 0.3 is 0 Å². The van der Waals surface area contributed by atoms with Crippen molar-refractivity contribution < 1.29 is 0 Å². The molecule has 2 rings (SSSR count). The zero-order chi connectivity index (χ0) is 11.9. The van der Waals surface area contributed by atoms with Crippen molar-refractivity contribution >= 4 is 23.4 Å². The maximum atomic E-state index is 6.12. The van der Waals surface area contributed by atoms with Gasteiger partial charge in [0.25, 0.3) is 0 Å². The van der Waals surface area contributed by atoms with Crippen molar-refractivity contribution in [1.82, 2.24) is 5.32 Å². The predicted octanol–water partition coefficient (Wildman–Crippen LogP) is 4.11. The summed E-state index contributed by atoms with van der Waals surface area (Å²) in [4.78, 5) is 0. The first-order valence-corrected chi connectivity index (χ1v) is 7.94. The predicted molar refractivity (Wildman–Crippen MR) is 77.9 cm³/mol. The molecule has 0 spiro atoms. The van der Waals surface area contributed by atoms with Gasteiger partial charge in [-0.3, -0.25) is 0 Å². The van der Waals surface area contributed by atoms with E-state index in [2.05, 4.69) is 17.4 Å². The van der Waals surface area contributed by atoms with Crippen LogP contribution in [0, 0.1) is 0 Å².